The van der Waals surface area contributed by atoms with E-state index in [9.17, 15) is 18.5 Å². The molecule has 1 aromatic rings. The largest absolute Gasteiger partial charge is 0.328 e. The van der Waals surface area contributed by atoms with Crippen molar-refractivity contribution in [2.75, 3.05) is 0 Å². The van der Waals surface area contributed by atoms with Gasteiger partial charge in [0.1, 0.15) is 0 Å². The molecule has 9 heteroatoms. The van der Waals surface area contributed by atoms with Crippen molar-refractivity contribution in [3.8, 4) is 0 Å². The minimum atomic E-state index is -3.69. The van der Waals surface area contributed by atoms with Crippen molar-refractivity contribution >= 4 is 31.6 Å². The van der Waals surface area contributed by atoms with E-state index in [1.165, 1.54) is 18.2 Å². The zero-order valence-electron chi connectivity index (χ0n) is 11.2. The molecule has 2 rings (SSSR count). The number of nitrogens with two attached hydrogens (primary N) is 1. The van der Waals surface area contributed by atoms with Crippen LogP contribution < -0.4 is 10.5 Å². The molecule has 1 aliphatic rings. The van der Waals surface area contributed by atoms with Crippen LogP contribution in [0.5, 0.6) is 0 Å². The van der Waals surface area contributed by atoms with Crippen LogP contribution in [0.2, 0.25) is 0 Å². The summed E-state index contributed by atoms with van der Waals surface area (Å²) in [6.07, 6.45) is 2.98. The van der Waals surface area contributed by atoms with Gasteiger partial charge in [-0.05, 0) is 53.7 Å². The predicted molar refractivity (Wildman–Crippen MR) is 81.3 cm³/mol. The molecule has 7 nitrogen and oxygen atoms in total. The molecule has 0 aromatic heterocycles. The lowest BCUT2D eigenvalue weighted by molar-refractivity contribution is -0.385. The van der Waals surface area contributed by atoms with Gasteiger partial charge in [-0.25, -0.2) is 13.1 Å². The molecule has 21 heavy (non-hydrogen) atoms. The van der Waals surface area contributed by atoms with Gasteiger partial charge < -0.3 is 5.73 Å². The number of benzene rings is 1. The van der Waals surface area contributed by atoms with Crippen molar-refractivity contribution in [3.63, 3.8) is 0 Å². The summed E-state index contributed by atoms with van der Waals surface area (Å²) in [6.45, 7) is 0. The van der Waals surface area contributed by atoms with Crippen molar-refractivity contribution in [1.29, 1.82) is 0 Å². The number of halogens is 1. The summed E-state index contributed by atoms with van der Waals surface area (Å²) >= 11 is 3.02. The van der Waals surface area contributed by atoms with Crippen LogP contribution in [0.25, 0.3) is 0 Å². The highest BCUT2D eigenvalue weighted by Gasteiger charge is 2.25. The molecule has 0 radical (unpaired) electrons. The summed E-state index contributed by atoms with van der Waals surface area (Å²) in [4.78, 5) is 10.2. The van der Waals surface area contributed by atoms with Crippen LogP contribution in [0.3, 0.4) is 0 Å². The highest BCUT2D eigenvalue weighted by Crippen LogP contribution is 2.28. The summed E-state index contributed by atoms with van der Waals surface area (Å²) in [5.74, 6) is 0. The fraction of sp³-hybridized carbons (Fsp3) is 0.500. The highest BCUT2D eigenvalue weighted by molar-refractivity contribution is 9.10. The lowest BCUT2D eigenvalue weighted by atomic mass is 9.93. The van der Waals surface area contributed by atoms with E-state index in [4.69, 9.17) is 5.73 Å². The first-order chi connectivity index (χ1) is 9.79. The number of nitro benzene ring substituents is 1. The number of nitrogens with one attached hydrogen (secondary N) is 1. The first kappa shape index (κ1) is 16.3. The summed E-state index contributed by atoms with van der Waals surface area (Å²) in [7, 11) is -3.69. The Balaban J connectivity index is 2.16. The fourth-order valence-corrected chi connectivity index (χ4v) is 4.33. The normalized spacial score (nSPS) is 23.0. The topological polar surface area (TPSA) is 115 Å². The molecule has 1 aliphatic carbocycles. The maximum absolute atomic E-state index is 12.3. The Morgan fingerprint density at radius 2 is 1.90 bits per heavy atom. The van der Waals surface area contributed by atoms with E-state index in [1.54, 1.807) is 0 Å². The Labute approximate surface area is 131 Å². The van der Waals surface area contributed by atoms with Gasteiger partial charge in [0.2, 0.25) is 10.0 Å². The maximum atomic E-state index is 12.3. The number of sulfonamides is 1. The van der Waals surface area contributed by atoms with Gasteiger partial charge in [0.05, 0.1) is 14.3 Å². The second kappa shape index (κ2) is 6.39. The number of hydrogen-bond donors (Lipinski definition) is 2. The molecule has 0 amide bonds. The van der Waals surface area contributed by atoms with Crippen LogP contribution in [0, 0.1) is 10.1 Å². The molecule has 0 atom stereocenters. The van der Waals surface area contributed by atoms with E-state index >= 15 is 0 Å². The quantitative estimate of drug-likeness (QED) is 0.613. The lowest BCUT2D eigenvalue weighted by Crippen LogP contribution is -2.40. The molecule has 1 saturated carbocycles. The number of nitro groups is 1. The zero-order chi connectivity index (χ0) is 15.6. The van der Waals surface area contributed by atoms with Gasteiger partial charge in [0, 0.05) is 18.2 Å². The molecule has 0 aliphatic heterocycles. The van der Waals surface area contributed by atoms with Crippen molar-refractivity contribution in [3.05, 3.63) is 32.8 Å². The second-order valence-electron chi connectivity index (χ2n) is 5.10. The van der Waals surface area contributed by atoms with Gasteiger partial charge >= 0.3 is 0 Å². The fourth-order valence-electron chi connectivity index (χ4n) is 2.33. The van der Waals surface area contributed by atoms with Crippen LogP contribution >= 0.6 is 15.9 Å². The van der Waals surface area contributed by atoms with Crippen molar-refractivity contribution < 1.29 is 13.3 Å². The van der Waals surface area contributed by atoms with E-state index in [0.29, 0.717) is 12.8 Å². The molecule has 116 valence electrons. The second-order valence-corrected chi connectivity index (χ2v) is 7.67. The number of hydrogen-bond acceptors (Lipinski definition) is 5. The van der Waals surface area contributed by atoms with Crippen LogP contribution in [-0.4, -0.2) is 25.4 Å². The van der Waals surface area contributed by atoms with Gasteiger partial charge in [-0.15, -0.1) is 0 Å². The van der Waals surface area contributed by atoms with E-state index < -0.39 is 14.9 Å². The molecule has 0 saturated heterocycles. The van der Waals surface area contributed by atoms with Crippen LogP contribution in [-0.2, 0) is 10.0 Å². The van der Waals surface area contributed by atoms with Crippen LogP contribution in [0.4, 0.5) is 5.69 Å². The Kier molecular flexibility index (Phi) is 4.97. The van der Waals surface area contributed by atoms with E-state index in [1.807, 2.05) is 0 Å². The molecule has 1 fully saturated rings. The molecule has 0 spiro atoms. The third kappa shape index (κ3) is 4.00. The molecular formula is C12H16BrN3O4S. The van der Waals surface area contributed by atoms with Crippen molar-refractivity contribution in [2.24, 2.45) is 5.73 Å². The SMILES string of the molecule is NC1CCC(NS(=O)(=O)c2ccc([N+](=O)[O-])c(Br)c2)CC1. The Morgan fingerprint density at radius 1 is 1.29 bits per heavy atom. The summed E-state index contributed by atoms with van der Waals surface area (Å²) in [6, 6.07) is 3.66. The predicted octanol–water partition coefficient (Wildman–Crippen LogP) is 1.91. The van der Waals surface area contributed by atoms with Crippen LogP contribution in [0.15, 0.2) is 27.6 Å². The van der Waals surface area contributed by atoms with Gasteiger partial charge in [0.25, 0.3) is 5.69 Å². The summed E-state index contributed by atoms with van der Waals surface area (Å²) in [5.41, 5.74) is 5.62. The minimum Gasteiger partial charge on any atom is -0.328 e. The van der Waals surface area contributed by atoms with E-state index in [-0.39, 0.29) is 27.1 Å². The standard InChI is InChI=1S/C12H16BrN3O4S/c13-11-7-10(5-6-12(11)16(17)18)21(19,20)15-9-3-1-8(14)2-4-9/h5-9,15H,1-4,14H2. The lowest BCUT2D eigenvalue weighted by Gasteiger charge is -2.26. The number of nitrogens with zero attached hydrogens (tertiary/aromatic N) is 1. The van der Waals surface area contributed by atoms with E-state index in [2.05, 4.69) is 20.7 Å². The first-order valence-corrected chi connectivity index (χ1v) is 8.79. The van der Waals surface area contributed by atoms with Gasteiger partial charge in [-0.1, -0.05) is 0 Å². The third-order valence-corrected chi connectivity index (χ3v) is 5.67. The zero-order valence-corrected chi connectivity index (χ0v) is 13.6. The monoisotopic (exact) mass is 377 g/mol. The van der Waals surface area contributed by atoms with E-state index in [0.717, 1.165) is 12.8 Å². The molecule has 0 heterocycles. The smallest absolute Gasteiger partial charge is 0.283 e. The van der Waals surface area contributed by atoms with Crippen LogP contribution in [0.1, 0.15) is 25.7 Å². The van der Waals surface area contributed by atoms with Gasteiger partial charge in [0.15, 0.2) is 0 Å². The molecule has 1 aromatic carbocycles. The first-order valence-electron chi connectivity index (χ1n) is 6.51. The number of rotatable bonds is 4. The Morgan fingerprint density at radius 3 is 2.43 bits per heavy atom. The van der Waals surface area contributed by atoms with Crippen molar-refractivity contribution in [1.82, 2.24) is 4.72 Å². The Bertz CT molecular complexity index is 642. The average Bonchev–Trinajstić information content (AvgIpc) is 2.40. The van der Waals surface area contributed by atoms with Gasteiger partial charge in [-0.3, -0.25) is 10.1 Å². The minimum absolute atomic E-state index is 0.00912. The van der Waals surface area contributed by atoms with Crippen molar-refractivity contribution in [2.45, 2.75) is 42.7 Å². The van der Waals surface area contributed by atoms with Gasteiger partial charge in [-0.2, -0.15) is 0 Å². The highest BCUT2D eigenvalue weighted by atomic mass is 79.9. The average molecular weight is 378 g/mol. The Hall–Kier alpha value is -1.03. The third-order valence-electron chi connectivity index (χ3n) is 3.52. The summed E-state index contributed by atoms with van der Waals surface area (Å²) in [5, 5.41) is 10.7. The summed E-state index contributed by atoms with van der Waals surface area (Å²) < 4.78 is 27.3. The molecule has 3 N–H and O–H groups in total. The maximum Gasteiger partial charge on any atom is 0.283 e. The molecular weight excluding hydrogens is 362 g/mol. The molecule has 0 unspecified atom stereocenters. The molecule has 0 bridgehead atoms.